The monoisotopic (exact) mass is 345 g/mol. The van der Waals surface area contributed by atoms with Gasteiger partial charge in [0.15, 0.2) is 0 Å². The maximum absolute atomic E-state index is 6.53. The Bertz CT molecular complexity index is 340. The van der Waals surface area contributed by atoms with Gasteiger partial charge in [-0.25, -0.2) is 0 Å². The van der Waals surface area contributed by atoms with Crippen LogP contribution in [0.5, 0.6) is 0 Å². The Morgan fingerprint density at radius 1 is 0.591 bits per heavy atom. The maximum Gasteiger partial charge on any atom is 0.256 e. The van der Waals surface area contributed by atoms with E-state index in [0.29, 0.717) is 0 Å². The van der Waals surface area contributed by atoms with Gasteiger partial charge in [-0.15, -0.1) is 0 Å². The van der Waals surface area contributed by atoms with Gasteiger partial charge in [0, 0.05) is 5.60 Å². The molecular weight excluding hydrogens is 302 g/mol. The van der Waals surface area contributed by atoms with Gasteiger partial charge in [0.05, 0.1) is 0 Å². The van der Waals surface area contributed by atoms with Crippen molar-refractivity contribution in [1.82, 2.24) is 4.65 Å². The average molecular weight is 346 g/mol. The van der Waals surface area contributed by atoms with Crippen molar-refractivity contribution in [3.8, 4) is 0 Å². The Morgan fingerprint density at radius 2 is 0.864 bits per heavy atom. The van der Waals surface area contributed by atoms with Crippen LogP contribution in [0, 0.1) is 0 Å². The van der Waals surface area contributed by atoms with Crippen LogP contribution in [0.4, 0.5) is 0 Å². The second kappa shape index (κ2) is 6.01. The van der Waals surface area contributed by atoms with Crippen molar-refractivity contribution >= 4 is 16.7 Å². The molecule has 4 heteroatoms. The third kappa shape index (κ3) is 4.92. The van der Waals surface area contributed by atoms with E-state index >= 15 is 0 Å². The molecule has 0 aliphatic carbocycles. The molecule has 0 atom stereocenters. The maximum atomic E-state index is 6.53. The molecule has 0 aromatic heterocycles. The number of hydrogen-bond donors (Lipinski definition) is 1. The summed E-state index contributed by atoms with van der Waals surface area (Å²) in [4.78, 5) is 0. The molecule has 0 radical (unpaired) electrons. The van der Waals surface area contributed by atoms with Crippen LogP contribution in [0.1, 0.15) is 83.1 Å². The fourth-order valence-corrected chi connectivity index (χ4v) is 21.8. The fourth-order valence-electron chi connectivity index (χ4n) is 5.18. The van der Waals surface area contributed by atoms with Crippen molar-refractivity contribution in [2.75, 3.05) is 0 Å². The van der Waals surface area contributed by atoms with Gasteiger partial charge in [-0.05, 0) is 49.0 Å². The topological polar surface area (TPSA) is 21.3 Å². The Kier molecular flexibility index (Phi) is 6.11. The highest BCUT2D eigenvalue weighted by molar-refractivity contribution is 6.94. The molecule has 0 rings (SSSR count). The predicted octanol–water partition coefficient (Wildman–Crippen LogP) is 6.44. The lowest BCUT2D eigenvalue weighted by Gasteiger charge is -2.61. The van der Waals surface area contributed by atoms with E-state index in [9.17, 15) is 0 Å². The summed E-state index contributed by atoms with van der Waals surface area (Å²) in [7, 11) is -3.94. The van der Waals surface area contributed by atoms with E-state index in [1.807, 2.05) is 0 Å². The number of rotatable bonds is 3. The quantitative estimate of drug-likeness (QED) is 0.594. The van der Waals surface area contributed by atoms with Crippen LogP contribution in [0.25, 0.3) is 0 Å². The largest absolute Gasteiger partial charge is 0.399 e. The zero-order valence-electron chi connectivity index (χ0n) is 17.9. The Morgan fingerprint density at radius 3 is 1.05 bits per heavy atom. The van der Waals surface area contributed by atoms with Crippen molar-refractivity contribution < 1.29 is 4.43 Å². The summed E-state index contributed by atoms with van der Waals surface area (Å²) in [6.07, 6.45) is 0. The Hall–Kier alpha value is 0.354. The molecule has 2 nitrogen and oxygen atoms in total. The first-order valence-electron chi connectivity index (χ1n) is 8.66. The van der Waals surface area contributed by atoms with Gasteiger partial charge in [-0.2, -0.15) is 0 Å². The van der Waals surface area contributed by atoms with Gasteiger partial charge >= 0.3 is 0 Å². The van der Waals surface area contributed by atoms with E-state index in [1.54, 1.807) is 0 Å². The van der Waals surface area contributed by atoms with E-state index in [2.05, 4.69) is 101 Å². The number of nitrogens with one attached hydrogen (secondary N) is 1. The molecule has 0 fully saturated rings. The zero-order chi connectivity index (χ0) is 18.4. The summed E-state index contributed by atoms with van der Waals surface area (Å²) >= 11 is 0. The van der Waals surface area contributed by atoms with Gasteiger partial charge in [0.25, 0.3) is 8.48 Å². The molecule has 0 aliphatic rings. The number of hydrogen-bond acceptors (Lipinski definition) is 2. The van der Waals surface area contributed by atoms with Gasteiger partial charge in [-0.3, -0.25) is 0 Å². The highest BCUT2D eigenvalue weighted by Gasteiger charge is 2.62. The summed E-state index contributed by atoms with van der Waals surface area (Å²) < 4.78 is 10.8. The second-order valence-electron chi connectivity index (χ2n) is 11.3. The van der Waals surface area contributed by atoms with Gasteiger partial charge < -0.3 is 9.07 Å². The normalized spacial score (nSPS) is 16.1. The molecule has 0 saturated heterocycles. The molecule has 0 aliphatic heterocycles. The molecule has 0 saturated carbocycles. The third-order valence-corrected chi connectivity index (χ3v) is 16.2. The van der Waals surface area contributed by atoms with Crippen LogP contribution in [-0.4, -0.2) is 22.3 Å². The van der Waals surface area contributed by atoms with Crippen molar-refractivity contribution in [2.45, 2.75) is 117 Å². The van der Waals surface area contributed by atoms with Crippen molar-refractivity contribution in [3.63, 3.8) is 0 Å². The van der Waals surface area contributed by atoms with Crippen LogP contribution >= 0.6 is 0 Å². The SMILES string of the molecule is CC(C)(C)O[Si](C)(C)N[Si](C(C)(C)C)(C(C)(C)C)C(C)(C)C. The van der Waals surface area contributed by atoms with E-state index in [4.69, 9.17) is 4.43 Å². The Labute approximate surface area is 143 Å². The first-order valence-corrected chi connectivity index (χ1v) is 13.6. The average Bonchev–Trinajstić information content (AvgIpc) is 2.03. The van der Waals surface area contributed by atoms with Crippen molar-refractivity contribution in [3.05, 3.63) is 0 Å². The van der Waals surface area contributed by atoms with Gasteiger partial charge in [0.1, 0.15) is 8.24 Å². The van der Waals surface area contributed by atoms with Gasteiger partial charge in [-0.1, -0.05) is 62.3 Å². The van der Waals surface area contributed by atoms with E-state index in [-0.39, 0.29) is 20.7 Å². The minimum Gasteiger partial charge on any atom is -0.399 e. The van der Waals surface area contributed by atoms with Crippen LogP contribution in [0.3, 0.4) is 0 Å². The molecule has 0 aromatic rings. The minimum absolute atomic E-state index is 0.101. The molecular formula is C18H43NOSi2. The third-order valence-electron chi connectivity index (χ3n) is 4.42. The lowest BCUT2D eigenvalue weighted by atomic mass is 10.2. The molecule has 134 valence electrons. The second-order valence-corrected chi connectivity index (χ2v) is 21.6. The smallest absolute Gasteiger partial charge is 0.256 e. The summed E-state index contributed by atoms with van der Waals surface area (Å²) in [5.74, 6) is 0. The zero-order valence-corrected chi connectivity index (χ0v) is 19.9. The Balaban J connectivity index is 6.14. The van der Waals surface area contributed by atoms with Crippen molar-refractivity contribution in [2.24, 2.45) is 0 Å². The molecule has 0 aromatic carbocycles. The summed E-state index contributed by atoms with van der Waals surface area (Å²) in [5.41, 5.74) is -0.101. The van der Waals surface area contributed by atoms with Crippen LogP contribution < -0.4 is 4.65 Å². The van der Waals surface area contributed by atoms with Gasteiger partial charge in [0.2, 0.25) is 0 Å². The highest BCUT2D eigenvalue weighted by Crippen LogP contribution is 2.60. The van der Waals surface area contributed by atoms with Crippen LogP contribution in [0.15, 0.2) is 0 Å². The lowest BCUT2D eigenvalue weighted by Crippen LogP contribution is -2.75. The highest BCUT2D eigenvalue weighted by atomic mass is 28.4. The van der Waals surface area contributed by atoms with E-state index in [1.165, 1.54) is 0 Å². The summed E-state index contributed by atoms with van der Waals surface area (Å²) in [5, 5.41) is 0.735. The van der Waals surface area contributed by atoms with E-state index in [0.717, 1.165) is 0 Å². The summed E-state index contributed by atoms with van der Waals surface area (Å²) in [6, 6.07) is 0. The molecule has 0 heterocycles. The molecule has 0 unspecified atom stereocenters. The van der Waals surface area contributed by atoms with Crippen molar-refractivity contribution in [1.29, 1.82) is 0 Å². The van der Waals surface area contributed by atoms with Crippen LogP contribution in [-0.2, 0) is 4.43 Å². The first kappa shape index (κ1) is 22.4. The molecule has 22 heavy (non-hydrogen) atoms. The van der Waals surface area contributed by atoms with E-state index < -0.39 is 16.7 Å². The standard InChI is InChI=1S/C18H43NOSi2/c1-15(2,3)20-21(13,14)19-22(16(4,5)6,17(7,8)9)18(10,11)12/h19H,1-14H3. The summed E-state index contributed by atoms with van der Waals surface area (Å²) in [6.45, 7) is 32.9. The molecule has 1 N–H and O–H groups in total. The molecule has 0 bridgehead atoms. The lowest BCUT2D eigenvalue weighted by molar-refractivity contribution is 0.117. The fraction of sp³-hybridized carbons (Fsp3) is 1.00. The predicted molar refractivity (Wildman–Crippen MR) is 106 cm³/mol. The molecule has 0 amide bonds. The first-order chi connectivity index (χ1) is 9.16. The van der Waals surface area contributed by atoms with Crippen LogP contribution in [0.2, 0.25) is 28.2 Å². The molecule has 0 spiro atoms. The minimum atomic E-state index is -1.99.